The Morgan fingerprint density at radius 3 is 2.95 bits per heavy atom. The van der Waals surface area contributed by atoms with Crippen LogP contribution in [-0.2, 0) is 16.7 Å². The predicted octanol–water partition coefficient (Wildman–Crippen LogP) is 3.65. The minimum Gasteiger partial charge on any atom is -0.376 e. The predicted molar refractivity (Wildman–Crippen MR) is 82.6 cm³/mol. The molecule has 2 atom stereocenters. The van der Waals surface area contributed by atoms with Crippen LogP contribution in [0.4, 0.5) is 0 Å². The van der Waals surface area contributed by atoms with E-state index in [1.54, 1.807) is 0 Å². The minimum atomic E-state index is -0.0378. The molecule has 2 heterocycles. The monoisotopic (exact) mass is 292 g/mol. The van der Waals surface area contributed by atoms with Crippen LogP contribution < -0.4 is 0 Å². The molecule has 1 fully saturated rings. The maximum Gasteiger partial charge on any atom is 0.111 e. The molecule has 20 heavy (non-hydrogen) atoms. The highest BCUT2D eigenvalue weighted by molar-refractivity contribution is 6.17. The van der Waals surface area contributed by atoms with Crippen molar-refractivity contribution >= 4 is 22.6 Å². The summed E-state index contributed by atoms with van der Waals surface area (Å²) in [5.41, 5.74) is 3.47. The van der Waals surface area contributed by atoms with E-state index < -0.39 is 0 Å². The molecule has 2 unspecified atom stereocenters. The smallest absolute Gasteiger partial charge is 0.111 e. The number of rotatable bonds is 3. The normalized spacial score (nSPS) is 26.5. The van der Waals surface area contributed by atoms with Gasteiger partial charge in [0, 0.05) is 18.9 Å². The molecule has 0 saturated carbocycles. The van der Waals surface area contributed by atoms with Gasteiger partial charge in [-0.1, -0.05) is 6.07 Å². The number of hydrogen-bond donors (Lipinski definition) is 0. The Hall–Kier alpha value is -1.06. The number of imidazole rings is 1. The van der Waals surface area contributed by atoms with Crippen LogP contribution in [0.5, 0.6) is 0 Å². The molecule has 3 nitrogen and oxygen atoms in total. The first kappa shape index (κ1) is 13.9. The summed E-state index contributed by atoms with van der Waals surface area (Å²) in [4.78, 5) is 4.79. The highest BCUT2D eigenvalue weighted by Crippen LogP contribution is 2.37. The average Bonchev–Trinajstić information content (AvgIpc) is 2.92. The SMILES string of the molecule is Cc1ccc2nc(CCCl)n(C3(C)CCOC3C)c2c1. The highest BCUT2D eigenvalue weighted by Gasteiger charge is 2.40. The van der Waals surface area contributed by atoms with E-state index in [0.717, 1.165) is 30.8 Å². The number of ether oxygens (including phenoxy) is 1. The summed E-state index contributed by atoms with van der Waals surface area (Å²) in [6.45, 7) is 7.35. The molecule has 1 aromatic heterocycles. The average molecular weight is 293 g/mol. The van der Waals surface area contributed by atoms with Crippen molar-refractivity contribution in [2.45, 2.75) is 45.3 Å². The second-order valence-electron chi connectivity index (χ2n) is 5.91. The maximum atomic E-state index is 5.97. The minimum absolute atomic E-state index is 0.0378. The van der Waals surface area contributed by atoms with Crippen molar-refractivity contribution in [1.82, 2.24) is 9.55 Å². The van der Waals surface area contributed by atoms with Gasteiger partial charge in [0.15, 0.2) is 0 Å². The van der Waals surface area contributed by atoms with Crippen molar-refractivity contribution in [3.63, 3.8) is 0 Å². The maximum absolute atomic E-state index is 5.97. The Kier molecular flexibility index (Phi) is 3.51. The molecule has 1 saturated heterocycles. The molecule has 3 rings (SSSR count). The van der Waals surface area contributed by atoms with Crippen molar-refractivity contribution in [1.29, 1.82) is 0 Å². The lowest BCUT2D eigenvalue weighted by Gasteiger charge is -2.32. The number of aromatic nitrogens is 2. The summed E-state index contributed by atoms with van der Waals surface area (Å²) in [6.07, 6.45) is 2.00. The van der Waals surface area contributed by atoms with E-state index in [0.29, 0.717) is 5.88 Å². The van der Waals surface area contributed by atoms with Crippen LogP contribution in [0.1, 0.15) is 31.7 Å². The molecule has 1 aliphatic rings. The molecule has 0 spiro atoms. The van der Waals surface area contributed by atoms with E-state index in [4.69, 9.17) is 21.3 Å². The lowest BCUT2D eigenvalue weighted by molar-refractivity contribution is 0.0764. The molecule has 2 aromatic rings. The fourth-order valence-electron chi connectivity index (χ4n) is 3.18. The number of aryl methyl sites for hydroxylation is 2. The molecular weight excluding hydrogens is 272 g/mol. The van der Waals surface area contributed by atoms with Crippen molar-refractivity contribution in [3.05, 3.63) is 29.6 Å². The zero-order valence-corrected chi connectivity index (χ0v) is 13.1. The summed E-state index contributed by atoms with van der Waals surface area (Å²) in [5.74, 6) is 1.66. The number of benzene rings is 1. The van der Waals surface area contributed by atoms with Crippen LogP contribution in [0.2, 0.25) is 0 Å². The van der Waals surface area contributed by atoms with E-state index in [9.17, 15) is 0 Å². The second-order valence-corrected chi connectivity index (χ2v) is 6.29. The van der Waals surface area contributed by atoms with E-state index >= 15 is 0 Å². The number of halogens is 1. The highest BCUT2D eigenvalue weighted by atomic mass is 35.5. The number of nitrogens with zero attached hydrogens (tertiary/aromatic N) is 2. The molecule has 1 aromatic carbocycles. The summed E-state index contributed by atoms with van der Waals surface area (Å²) >= 11 is 5.97. The third-order valence-electron chi connectivity index (χ3n) is 4.56. The van der Waals surface area contributed by atoms with E-state index in [1.807, 2.05) is 0 Å². The Labute approximate surface area is 124 Å². The summed E-state index contributed by atoms with van der Waals surface area (Å²) in [6, 6.07) is 6.43. The zero-order valence-electron chi connectivity index (χ0n) is 12.3. The lowest BCUT2D eigenvalue weighted by atomic mass is 9.93. The van der Waals surface area contributed by atoms with Crippen LogP contribution in [0.15, 0.2) is 18.2 Å². The molecule has 0 amide bonds. The molecule has 0 N–H and O–H groups in total. The van der Waals surface area contributed by atoms with Crippen molar-refractivity contribution < 1.29 is 4.74 Å². The first-order valence-corrected chi connectivity index (χ1v) is 7.76. The van der Waals surface area contributed by atoms with Crippen LogP contribution in [0.25, 0.3) is 11.0 Å². The molecule has 108 valence electrons. The van der Waals surface area contributed by atoms with Crippen molar-refractivity contribution in [2.24, 2.45) is 0 Å². The van der Waals surface area contributed by atoms with Gasteiger partial charge in [-0.2, -0.15) is 0 Å². The van der Waals surface area contributed by atoms with Gasteiger partial charge in [0.2, 0.25) is 0 Å². The number of hydrogen-bond acceptors (Lipinski definition) is 2. The molecular formula is C16H21ClN2O. The van der Waals surface area contributed by atoms with Crippen LogP contribution in [0, 0.1) is 6.92 Å². The molecule has 4 heteroatoms. The fourth-order valence-corrected chi connectivity index (χ4v) is 3.35. The van der Waals surface area contributed by atoms with Gasteiger partial charge in [0.1, 0.15) is 5.82 Å². The van der Waals surface area contributed by atoms with Crippen molar-refractivity contribution in [3.8, 4) is 0 Å². The third kappa shape index (κ3) is 2.04. The van der Waals surface area contributed by atoms with E-state index in [-0.39, 0.29) is 11.6 Å². The molecule has 1 aliphatic heterocycles. The topological polar surface area (TPSA) is 27.1 Å². The zero-order chi connectivity index (χ0) is 14.3. The van der Waals surface area contributed by atoms with Gasteiger partial charge in [0.05, 0.1) is 22.7 Å². The quantitative estimate of drug-likeness (QED) is 0.808. The summed E-state index contributed by atoms with van der Waals surface area (Å²) in [5, 5.41) is 0. The van der Waals surface area contributed by atoms with Gasteiger partial charge in [-0.15, -0.1) is 11.6 Å². The summed E-state index contributed by atoms with van der Waals surface area (Å²) in [7, 11) is 0. The van der Waals surface area contributed by atoms with Gasteiger partial charge in [-0.05, 0) is 44.9 Å². The van der Waals surface area contributed by atoms with Crippen LogP contribution in [0.3, 0.4) is 0 Å². The number of fused-ring (bicyclic) bond motifs is 1. The van der Waals surface area contributed by atoms with E-state index in [2.05, 4.69) is 43.5 Å². The van der Waals surface area contributed by atoms with Gasteiger partial charge in [-0.25, -0.2) is 4.98 Å². The molecule has 0 radical (unpaired) electrons. The standard InChI is InChI=1S/C16H21ClN2O/c1-11-4-5-13-14(10-11)19(15(18-13)6-8-17)16(3)7-9-20-12(16)2/h4-5,10,12H,6-9H2,1-3H3. The summed E-state index contributed by atoms with van der Waals surface area (Å²) < 4.78 is 8.19. The second kappa shape index (κ2) is 5.05. The number of alkyl halides is 1. The van der Waals surface area contributed by atoms with Crippen LogP contribution >= 0.6 is 11.6 Å². The van der Waals surface area contributed by atoms with Crippen molar-refractivity contribution in [2.75, 3.05) is 12.5 Å². The van der Waals surface area contributed by atoms with Gasteiger partial charge in [0.25, 0.3) is 0 Å². The van der Waals surface area contributed by atoms with Gasteiger partial charge < -0.3 is 9.30 Å². The molecule has 0 aliphatic carbocycles. The Balaban J connectivity index is 2.25. The Morgan fingerprint density at radius 1 is 1.50 bits per heavy atom. The largest absolute Gasteiger partial charge is 0.376 e. The Bertz CT molecular complexity index is 637. The van der Waals surface area contributed by atoms with E-state index in [1.165, 1.54) is 11.1 Å². The Morgan fingerprint density at radius 2 is 2.30 bits per heavy atom. The first-order valence-electron chi connectivity index (χ1n) is 7.22. The third-order valence-corrected chi connectivity index (χ3v) is 4.75. The van der Waals surface area contributed by atoms with Gasteiger partial charge in [-0.3, -0.25) is 0 Å². The van der Waals surface area contributed by atoms with Gasteiger partial charge >= 0.3 is 0 Å². The van der Waals surface area contributed by atoms with Crippen LogP contribution in [-0.4, -0.2) is 28.1 Å². The lowest BCUT2D eigenvalue weighted by Crippen LogP contribution is -2.38. The molecule has 0 bridgehead atoms. The fraction of sp³-hybridized carbons (Fsp3) is 0.562. The first-order chi connectivity index (χ1) is 9.56.